The first-order chi connectivity index (χ1) is 10.7. The van der Waals surface area contributed by atoms with Crippen LogP contribution >= 0.6 is 0 Å². The highest BCUT2D eigenvalue weighted by Gasteiger charge is 2.14. The number of benzene rings is 1. The van der Waals surface area contributed by atoms with Crippen LogP contribution in [0.3, 0.4) is 0 Å². The smallest absolute Gasteiger partial charge is 0.317 e. The number of amides is 2. The summed E-state index contributed by atoms with van der Waals surface area (Å²) >= 11 is 0. The van der Waals surface area contributed by atoms with Gasteiger partial charge in [-0.3, -0.25) is 0 Å². The van der Waals surface area contributed by atoms with Crippen molar-refractivity contribution in [3.8, 4) is 5.75 Å². The van der Waals surface area contributed by atoms with Gasteiger partial charge in [0.1, 0.15) is 5.75 Å². The van der Waals surface area contributed by atoms with Crippen LogP contribution in [-0.2, 0) is 16.7 Å². The third kappa shape index (κ3) is 7.88. The van der Waals surface area contributed by atoms with E-state index in [9.17, 15) is 13.2 Å². The van der Waals surface area contributed by atoms with Crippen LogP contribution in [0.5, 0.6) is 5.75 Å². The van der Waals surface area contributed by atoms with E-state index in [4.69, 9.17) is 4.18 Å². The number of hydrogen-bond acceptors (Lipinski definition) is 4. The molecule has 6 nitrogen and oxygen atoms in total. The van der Waals surface area contributed by atoms with Gasteiger partial charge in [-0.05, 0) is 37.0 Å². The van der Waals surface area contributed by atoms with Crippen molar-refractivity contribution in [3.63, 3.8) is 0 Å². The van der Waals surface area contributed by atoms with E-state index in [0.29, 0.717) is 25.6 Å². The number of nitrogens with zero attached hydrogens (tertiary/aromatic N) is 1. The molecule has 1 rings (SSSR count). The van der Waals surface area contributed by atoms with E-state index in [2.05, 4.69) is 19.2 Å². The first-order valence-corrected chi connectivity index (χ1v) is 9.54. The fourth-order valence-electron chi connectivity index (χ4n) is 1.98. The van der Waals surface area contributed by atoms with Crippen LogP contribution in [0.2, 0.25) is 0 Å². The molecule has 0 aliphatic heterocycles. The lowest BCUT2D eigenvalue weighted by atomic mass is 10.1. The molecule has 0 radical (unpaired) electrons. The van der Waals surface area contributed by atoms with Gasteiger partial charge in [0.25, 0.3) is 0 Å². The average Bonchev–Trinajstić information content (AvgIpc) is 2.43. The normalized spacial score (nSPS) is 11.3. The molecule has 1 N–H and O–H groups in total. The molecule has 0 aromatic heterocycles. The first-order valence-electron chi connectivity index (χ1n) is 7.72. The number of hydrogen-bond donors (Lipinski definition) is 1. The molecule has 0 aliphatic carbocycles. The molecule has 23 heavy (non-hydrogen) atoms. The SMILES string of the molecule is CCNC(=O)N(CCC(C)C)Cc1ccc(OS(C)(=O)=O)cc1. The zero-order chi connectivity index (χ0) is 17.5. The molecular weight excluding hydrogens is 316 g/mol. The van der Waals surface area contributed by atoms with Crippen LogP contribution < -0.4 is 9.50 Å². The highest BCUT2D eigenvalue weighted by molar-refractivity contribution is 7.86. The maximum absolute atomic E-state index is 12.1. The van der Waals surface area contributed by atoms with Crippen molar-refractivity contribution in [1.29, 1.82) is 0 Å². The van der Waals surface area contributed by atoms with Gasteiger partial charge < -0.3 is 14.4 Å². The molecule has 1 aromatic carbocycles. The lowest BCUT2D eigenvalue weighted by molar-refractivity contribution is 0.192. The van der Waals surface area contributed by atoms with Gasteiger partial charge in [-0.2, -0.15) is 8.42 Å². The van der Waals surface area contributed by atoms with Crippen LogP contribution in [0.25, 0.3) is 0 Å². The zero-order valence-corrected chi connectivity index (χ0v) is 15.0. The van der Waals surface area contributed by atoms with Crippen LogP contribution in [0.1, 0.15) is 32.8 Å². The third-order valence-corrected chi connectivity index (χ3v) is 3.63. The number of nitrogens with one attached hydrogen (secondary N) is 1. The maximum Gasteiger partial charge on any atom is 0.317 e. The summed E-state index contributed by atoms with van der Waals surface area (Å²) in [6.45, 7) is 7.84. The van der Waals surface area contributed by atoms with Crippen LogP contribution in [0.15, 0.2) is 24.3 Å². The quantitative estimate of drug-likeness (QED) is 0.737. The molecule has 0 aliphatic rings. The Morgan fingerprint density at radius 2 is 1.87 bits per heavy atom. The molecule has 1 aromatic rings. The molecule has 2 amide bonds. The largest absolute Gasteiger partial charge is 0.383 e. The Labute approximate surface area is 138 Å². The van der Waals surface area contributed by atoms with E-state index in [1.165, 1.54) is 0 Å². The molecular formula is C16H26N2O4S. The van der Waals surface area contributed by atoms with Gasteiger partial charge >= 0.3 is 16.1 Å². The maximum atomic E-state index is 12.1. The molecule has 0 atom stereocenters. The fraction of sp³-hybridized carbons (Fsp3) is 0.562. The Bertz CT molecular complexity index is 597. The van der Waals surface area contributed by atoms with E-state index < -0.39 is 10.1 Å². The van der Waals surface area contributed by atoms with Gasteiger partial charge in [0.05, 0.1) is 6.26 Å². The summed E-state index contributed by atoms with van der Waals surface area (Å²) in [4.78, 5) is 13.9. The summed E-state index contributed by atoms with van der Waals surface area (Å²) in [5, 5.41) is 2.82. The lowest BCUT2D eigenvalue weighted by Crippen LogP contribution is -2.40. The number of urea groups is 1. The highest BCUT2D eigenvalue weighted by atomic mass is 32.2. The summed E-state index contributed by atoms with van der Waals surface area (Å²) in [5.41, 5.74) is 0.917. The number of carbonyl (C=O) groups is 1. The molecule has 0 fully saturated rings. The van der Waals surface area contributed by atoms with Gasteiger partial charge in [-0.15, -0.1) is 0 Å². The van der Waals surface area contributed by atoms with E-state index in [0.717, 1.165) is 18.2 Å². The summed E-state index contributed by atoms with van der Waals surface area (Å²) in [7, 11) is -3.53. The van der Waals surface area contributed by atoms with Gasteiger partial charge in [0.15, 0.2) is 0 Å². The second kappa shape index (κ2) is 8.76. The fourth-order valence-corrected chi connectivity index (χ4v) is 2.44. The van der Waals surface area contributed by atoms with E-state index in [1.807, 2.05) is 6.92 Å². The van der Waals surface area contributed by atoms with Crippen molar-refractivity contribution in [3.05, 3.63) is 29.8 Å². The van der Waals surface area contributed by atoms with Gasteiger partial charge in [-0.25, -0.2) is 4.79 Å². The Morgan fingerprint density at radius 3 is 2.35 bits per heavy atom. The molecule has 0 bridgehead atoms. The van der Waals surface area contributed by atoms with Gasteiger partial charge in [-0.1, -0.05) is 26.0 Å². The van der Waals surface area contributed by atoms with Crippen molar-refractivity contribution in [2.24, 2.45) is 5.92 Å². The minimum absolute atomic E-state index is 0.0930. The zero-order valence-electron chi connectivity index (χ0n) is 14.2. The van der Waals surface area contributed by atoms with Crippen molar-refractivity contribution in [1.82, 2.24) is 10.2 Å². The number of rotatable bonds is 8. The minimum atomic E-state index is -3.53. The number of carbonyl (C=O) groups excluding carboxylic acids is 1. The standard InChI is InChI=1S/C16H26N2O4S/c1-5-17-16(19)18(11-10-13(2)3)12-14-6-8-15(9-7-14)22-23(4,20)21/h6-9,13H,5,10-12H2,1-4H3,(H,17,19). The van der Waals surface area contributed by atoms with Crippen molar-refractivity contribution < 1.29 is 17.4 Å². The second-order valence-electron chi connectivity index (χ2n) is 5.87. The molecule has 0 saturated carbocycles. The summed E-state index contributed by atoms with van der Waals surface area (Å²) in [6.07, 6.45) is 1.93. The molecule has 7 heteroatoms. The topological polar surface area (TPSA) is 75.7 Å². The molecule has 0 unspecified atom stereocenters. The Balaban J connectivity index is 2.76. The summed E-state index contributed by atoms with van der Waals surface area (Å²) < 4.78 is 27.0. The Kier molecular flexibility index (Phi) is 7.35. The predicted octanol–water partition coefficient (Wildman–Crippen LogP) is 2.60. The van der Waals surface area contributed by atoms with Crippen molar-refractivity contribution in [2.45, 2.75) is 33.7 Å². The van der Waals surface area contributed by atoms with Crippen molar-refractivity contribution in [2.75, 3.05) is 19.3 Å². The van der Waals surface area contributed by atoms with E-state index in [-0.39, 0.29) is 11.8 Å². The summed E-state index contributed by atoms with van der Waals surface area (Å²) in [6, 6.07) is 6.62. The van der Waals surface area contributed by atoms with Crippen molar-refractivity contribution >= 4 is 16.1 Å². The molecule has 130 valence electrons. The molecule has 0 heterocycles. The molecule has 0 saturated heterocycles. The van der Waals surface area contributed by atoms with Crippen LogP contribution in [0, 0.1) is 5.92 Å². The monoisotopic (exact) mass is 342 g/mol. The van der Waals surface area contributed by atoms with E-state index in [1.54, 1.807) is 29.2 Å². The Hall–Kier alpha value is -1.76. The lowest BCUT2D eigenvalue weighted by Gasteiger charge is -2.24. The highest BCUT2D eigenvalue weighted by Crippen LogP contribution is 2.16. The van der Waals surface area contributed by atoms with Crippen LogP contribution in [0.4, 0.5) is 4.79 Å². The van der Waals surface area contributed by atoms with Gasteiger partial charge in [0, 0.05) is 19.6 Å². The average molecular weight is 342 g/mol. The van der Waals surface area contributed by atoms with Gasteiger partial charge in [0.2, 0.25) is 0 Å². The minimum Gasteiger partial charge on any atom is -0.383 e. The van der Waals surface area contributed by atoms with Crippen LogP contribution in [-0.4, -0.2) is 38.7 Å². The summed E-state index contributed by atoms with van der Waals surface area (Å²) in [5.74, 6) is 0.778. The second-order valence-corrected chi connectivity index (χ2v) is 7.45. The Morgan fingerprint density at radius 1 is 1.26 bits per heavy atom. The third-order valence-electron chi connectivity index (χ3n) is 3.14. The molecule has 0 spiro atoms. The first kappa shape index (κ1) is 19.3. The van der Waals surface area contributed by atoms with E-state index >= 15 is 0 Å². The predicted molar refractivity (Wildman–Crippen MR) is 90.9 cm³/mol.